The second kappa shape index (κ2) is 12.5. The minimum absolute atomic E-state index is 0.0163. The fourth-order valence-electron chi connectivity index (χ4n) is 6.59. The molecule has 0 unspecified atom stereocenters. The number of para-hydroxylation sites is 1. The lowest BCUT2D eigenvalue weighted by atomic mass is 10.0. The van der Waals surface area contributed by atoms with Gasteiger partial charge in [-0.3, -0.25) is 19.3 Å². The van der Waals surface area contributed by atoms with Gasteiger partial charge in [0.15, 0.2) is 0 Å². The third-order valence-corrected chi connectivity index (χ3v) is 9.11. The molecule has 0 aliphatic carbocycles. The maximum atomic E-state index is 13.8. The van der Waals surface area contributed by atoms with E-state index in [2.05, 4.69) is 9.88 Å². The van der Waals surface area contributed by atoms with Crippen LogP contribution >= 0.6 is 0 Å². The van der Waals surface area contributed by atoms with E-state index in [1.807, 2.05) is 102 Å². The Hall–Kier alpha value is -5.08. The van der Waals surface area contributed by atoms with Crippen molar-refractivity contribution in [2.75, 3.05) is 39.3 Å². The molecule has 2 amide bonds. The van der Waals surface area contributed by atoms with Gasteiger partial charge < -0.3 is 14.8 Å². The first-order valence-electron chi connectivity index (χ1n) is 15.6. The number of amides is 2. The van der Waals surface area contributed by atoms with E-state index in [0.29, 0.717) is 43.3 Å². The summed E-state index contributed by atoms with van der Waals surface area (Å²) in [6.07, 6.45) is 3.26. The van der Waals surface area contributed by atoms with Crippen molar-refractivity contribution < 1.29 is 14.4 Å². The molecule has 5 aromatic rings. The molecule has 7 rings (SSSR count). The number of piperazine rings is 1. The van der Waals surface area contributed by atoms with Crippen LogP contribution in [0.4, 0.5) is 0 Å². The van der Waals surface area contributed by atoms with Crippen LogP contribution in [0.2, 0.25) is 0 Å². The minimum Gasteiger partial charge on any atom is -0.360 e. The first-order chi connectivity index (χ1) is 22.0. The van der Waals surface area contributed by atoms with Gasteiger partial charge in [0.2, 0.25) is 0 Å². The van der Waals surface area contributed by atoms with Crippen LogP contribution in [0.1, 0.15) is 33.6 Å². The third kappa shape index (κ3) is 5.89. The average Bonchev–Trinajstić information content (AvgIpc) is 3.56. The molecule has 0 saturated carbocycles. The summed E-state index contributed by atoms with van der Waals surface area (Å²) >= 11 is 0. The largest absolute Gasteiger partial charge is 0.360 e. The van der Waals surface area contributed by atoms with E-state index in [-0.39, 0.29) is 5.91 Å². The summed E-state index contributed by atoms with van der Waals surface area (Å²) in [7, 11) is 0. The molecule has 1 N–H and O–H groups in total. The smallest absolute Gasteiger partial charge is 0.295 e. The number of likely N-dealkylation sites (tertiary alicyclic amines) is 1. The van der Waals surface area contributed by atoms with Crippen molar-refractivity contribution in [2.45, 2.75) is 18.9 Å². The van der Waals surface area contributed by atoms with Crippen molar-refractivity contribution in [2.24, 2.45) is 0 Å². The van der Waals surface area contributed by atoms with Gasteiger partial charge in [0.05, 0.1) is 17.0 Å². The van der Waals surface area contributed by atoms with Crippen molar-refractivity contribution in [1.29, 1.82) is 0 Å². The Morgan fingerprint density at radius 1 is 0.667 bits per heavy atom. The summed E-state index contributed by atoms with van der Waals surface area (Å²) in [4.78, 5) is 54.0. The van der Waals surface area contributed by atoms with Crippen molar-refractivity contribution in [3.05, 3.63) is 114 Å². The van der Waals surface area contributed by atoms with Gasteiger partial charge in [-0.1, -0.05) is 78.9 Å². The number of Topliss-reactive ketones (excluding diaryl/α,β-unsaturated/α-hetero) is 1. The van der Waals surface area contributed by atoms with Crippen LogP contribution in [0, 0.1) is 0 Å². The number of nitrogens with one attached hydrogen (secondary N) is 1. The summed E-state index contributed by atoms with van der Waals surface area (Å²) in [6, 6.07) is 31.6. The van der Waals surface area contributed by atoms with E-state index in [1.165, 1.54) is 0 Å². The standard InChI is InChI=1S/C37H35N5O3/c43-35(31-25-38-32-14-8-7-13-30(31)32)37(45)41-17-15-29(16-18-41)40-19-21-42(22-20-40)36(44)28-23-33(26-9-3-1-4-10-26)39-34(24-28)27-11-5-2-6-12-27/h1-14,23-25,29,38H,15-22H2. The topological polar surface area (TPSA) is 89.6 Å². The SMILES string of the molecule is O=C(C(=O)N1CCC(N2CCN(C(=O)c3cc(-c4ccccc4)nc(-c4ccccc4)c3)CC2)CC1)c1c[nH]c2ccccc12. The molecule has 2 aromatic heterocycles. The van der Waals surface area contributed by atoms with Crippen LogP contribution in [0.15, 0.2) is 103 Å². The Kier molecular flexibility index (Phi) is 7.96. The molecule has 2 aliphatic rings. The van der Waals surface area contributed by atoms with E-state index in [1.54, 1.807) is 11.1 Å². The number of aromatic amines is 1. The first kappa shape index (κ1) is 28.7. The van der Waals surface area contributed by atoms with Crippen LogP contribution in [0.5, 0.6) is 0 Å². The van der Waals surface area contributed by atoms with Gasteiger partial charge >= 0.3 is 0 Å². The summed E-state index contributed by atoms with van der Waals surface area (Å²) in [5.41, 5.74) is 5.43. The zero-order valence-corrected chi connectivity index (χ0v) is 25.1. The molecule has 4 heterocycles. The number of carbonyl (C=O) groups is 3. The van der Waals surface area contributed by atoms with Crippen molar-refractivity contribution >= 4 is 28.5 Å². The number of benzene rings is 3. The molecular weight excluding hydrogens is 562 g/mol. The number of fused-ring (bicyclic) bond motifs is 1. The molecule has 0 bridgehead atoms. The van der Waals surface area contributed by atoms with E-state index >= 15 is 0 Å². The number of H-pyrrole nitrogens is 1. The number of carbonyl (C=O) groups excluding carboxylic acids is 3. The molecule has 2 saturated heterocycles. The van der Waals surface area contributed by atoms with Gasteiger partial charge in [-0.25, -0.2) is 4.98 Å². The van der Waals surface area contributed by atoms with Crippen molar-refractivity contribution in [3.63, 3.8) is 0 Å². The molecule has 3 aromatic carbocycles. The number of pyridine rings is 1. The number of aromatic nitrogens is 2. The third-order valence-electron chi connectivity index (χ3n) is 9.11. The molecular formula is C37H35N5O3. The number of nitrogens with zero attached hydrogens (tertiary/aromatic N) is 4. The highest BCUT2D eigenvalue weighted by Crippen LogP contribution is 2.27. The van der Waals surface area contributed by atoms with E-state index in [0.717, 1.165) is 59.3 Å². The highest BCUT2D eigenvalue weighted by atomic mass is 16.2. The summed E-state index contributed by atoms with van der Waals surface area (Å²) in [5, 5.41) is 0.775. The zero-order chi connectivity index (χ0) is 30.8. The Bertz CT molecular complexity index is 1780. The quantitative estimate of drug-likeness (QED) is 0.205. The lowest BCUT2D eigenvalue weighted by Crippen LogP contribution is -2.55. The number of ketones is 1. The molecule has 0 spiro atoms. The summed E-state index contributed by atoms with van der Waals surface area (Å²) < 4.78 is 0. The summed E-state index contributed by atoms with van der Waals surface area (Å²) in [6.45, 7) is 3.94. The number of hydrogen-bond acceptors (Lipinski definition) is 5. The van der Waals surface area contributed by atoms with Crippen LogP contribution in [-0.2, 0) is 4.79 Å². The van der Waals surface area contributed by atoms with E-state index in [4.69, 9.17) is 4.98 Å². The second-order valence-electron chi connectivity index (χ2n) is 11.8. The Morgan fingerprint density at radius 2 is 1.24 bits per heavy atom. The molecule has 8 heteroatoms. The fraction of sp³-hybridized carbons (Fsp3) is 0.243. The van der Waals surface area contributed by atoms with Gasteiger partial charge in [0.25, 0.3) is 17.6 Å². The molecule has 45 heavy (non-hydrogen) atoms. The monoisotopic (exact) mass is 597 g/mol. The van der Waals surface area contributed by atoms with Crippen LogP contribution < -0.4 is 0 Å². The molecule has 8 nitrogen and oxygen atoms in total. The maximum Gasteiger partial charge on any atom is 0.295 e. The highest BCUT2D eigenvalue weighted by molar-refractivity contribution is 6.44. The normalized spacial score (nSPS) is 16.2. The average molecular weight is 598 g/mol. The molecule has 2 fully saturated rings. The first-order valence-corrected chi connectivity index (χ1v) is 15.6. The van der Waals surface area contributed by atoms with Crippen LogP contribution in [0.3, 0.4) is 0 Å². The predicted molar refractivity (Wildman–Crippen MR) is 175 cm³/mol. The highest BCUT2D eigenvalue weighted by Gasteiger charge is 2.33. The molecule has 0 radical (unpaired) electrons. The van der Waals surface area contributed by atoms with Crippen molar-refractivity contribution in [1.82, 2.24) is 24.7 Å². The summed E-state index contributed by atoms with van der Waals surface area (Å²) in [5.74, 6) is -0.877. The lowest BCUT2D eigenvalue weighted by molar-refractivity contribution is -0.128. The maximum absolute atomic E-state index is 13.8. The predicted octanol–water partition coefficient (Wildman–Crippen LogP) is 5.53. The lowest BCUT2D eigenvalue weighted by Gasteiger charge is -2.42. The Balaban J connectivity index is 0.981. The van der Waals surface area contributed by atoms with Crippen LogP contribution in [0.25, 0.3) is 33.4 Å². The van der Waals surface area contributed by atoms with Crippen molar-refractivity contribution in [3.8, 4) is 22.5 Å². The number of piperidine rings is 1. The molecule has 2 aliphatic heterocycles. The Morgan fingerprint density at radius 3 is 1.87 bits per heavy atom. The fourth-order valence-corrected chi connectivity index (χ4v) is 6.59. The van der Waals surface area contributed by atoms with E-state index < -0.39 is 11.7 Å². The van der Waals surface area contributed by atoms with Gasteiger partial charge in [-0.15, -0.1) is 0 Å². The molecule has 0 atom stereocenters. The van der Waals surface area contributed by atoms with E-state index in [9.17, 15) is 14.4 Å². The second-order valence-corrected chi connectivity index (χ2v) is 11.8. The van der Waals surface area contributed by atoms with Gasteiger partial charge in [-0.05, 0) is 31.0 Å². The Labute approximate surface area is 262 Å². The van der Waals surface area contributed by atoms with Gasteiger partial charge in [0, 0.05) is 79.1 Å². The minimum atomic E-state index is -0.458. The molecule has 226 valence electrons. The number of rotatable bonds is 6. The van der Waals surface area contributed by atoms with Crippen LogP contribution in [-0.4, -0.2) is 87.6 Å². The van der Waals surface area contributed by atoms with Gasteiger partial charge in [-0.2, -0.15) is 0 Å². The zero-order valence-electron chi connectivity index (χ0n) is 25.1. The van der Waals surface area contributed by atoms with Gasteiger partial charge in [0.1, 0.15) is 0 Å². The number of hydrogen-bond donors (Lipinski definition) is 1.